The molecule has 0 radical (unpaired) electrons. The molecule has 0 saturated heterocycles. The van der Waals surface area contributed by atoms with Crippen LogP contribution >= 0.6 is 0 Å². The standard InChI is InChI=1S/C16H21NO3/c1-12-7-8-14(11-18)13(10-12)6-5-9-17-15(19)20-16(2,3)4/h5-8,10-11H,9H2,1-4H3,(H,17,19). The molecule has 1 aromatic carbocycles. The van der Waals surface area contributed by atoms with E-state index in [1.807, 2.05) is 45.9 Å². The van der Waals surface area contributed by atoms with Gasteiger partial charge in [-0.15, -0.1) is 0 Å². The van der Waals surface area contributed by atoms with E-state index in [-0.39, 0.29) is 0 Å². The number of carbonyl (C=O) groups is 2. The van der Waals surface area contributed by atoms with Crippen LogP contribution in [0.3, 0.4) is 0 Å². The minimum atomic E-state index is -0.505. The molecule has 0 atom stereocenters. The highest BCUT2D eigenvalue weighted by Crippen LogP contribution is 2.11. The Morgan fingerprint density at radius 1 is 1.30 bits per heavy atom. The number of aldehydes is 1. The summed E-state index contributed by atoms with van der Waals surface area (Å²) >= 11 is 0. The van der Waals surface area contributed by atoms with Crippen molar-refractivity contribution in [3.05, 3.63) is 41.0 Å². The van der Waals surface area contributed by atoms with Crippen molar-refractivity contribution in [2.24, 2.45) is 0 Å². The number of carbonyl (C=O) groups excluding carboxylic acids is 2. The van der Waals surface area contributed by atoms with Gasteiger partial charge in [-0.25, -0.2) is 4.79 Å². The molecule has 1 amide bonds. The number of alkyl carbamates (subject to hydrolysis) is 1. The van der Waals surface area contributed by atoms with Crippen LogP contribution in [0, 0.1) is 6.92 Å². The van der Waals surface area contributed by atoms with Gasteiger partial charge in [-0.2, -0.15) is 0 Å². The van der Waals surface area contributed by atoms with Crippen molar-refractivity contribution < 1.29 is 14.3 Å². The summed E-state index contributed by atoms with van der Waals surface area (Å²) in [4.78, 5) is 22.3. The van der Waals surface area contributed by atoms with Crippen LogP contribution in [-0.2, 0) is 4.74 Å². The van der Waals surface area contributed by atoms with E-state index in [9.17, 15) is 9.59 Å². The normalized spacial score (nSPS) is 11.4. The number of hydrogen-bond donors (Lipinski definition) is 1. The van der Waals surface area contributed by atoms with Crippen LogP contribution in [0.2, 0.25) is 0 Å². The first kappa shape index (κ1) is 16.0. The van der Waals surface area contributed by atoms with E-state index in [1.54, 1.807) is 12.1 Å². The number of aryl methyl sites for hydroxylation is 1. The lowest BCUT2D eigenvalue weighted by atomic mass is 10.1. The predicted octanol–water partition coefficient (Wildman–Crippen LogP) is 3.35. The zero-order chi connectivity index (χ0) is 15.2. The van der Waals surface area contributed by atoms with E-state index in [0.29, 0.717) is 12.1 Å². The maximum Gasteiger partial charge on any atom is 0.407 e. The number of ether oxygens (including phenoxy) is 1. The van der Waals surface area contributed by atoms with Gasteiger partial charge < -0.3 is 10.1 Å². The maximum absolute atomic E-state index is 11.4. The largest absolute Gasteiger partial charge is 0.444 e. The van der Waals surface area contributed by atoms with Gasteiger partial charge in [0.05, 0.1) is 0 Å². The summed E-state index contributed by atoms with van der Waals surface area (Å²) in [6.07, 6.45) is 3.96. The van der Waals surface area contributed by atoms with Crippen LogP contribution < -0.4 is 5.32 Å². The molecule has 108 valence electrons. The Morgan fingerprint density at radius 2 is 2.00 bits per heavy atom. The second kappa shape index (κ2) is 6.89. The van der Waals surface area contributed by atoms with Crippen molar-refractivity contribution in [2.45, 2.75) is 33.3 Å². The molecule has 0 fully saturated rings. The molecule has 0 aliphatic heterocycles. The highest BCUT2D eigenvalue weighted by atomic mass is 16.6. The second-order valence-corrected chi connectivity index (χ2v) is 5.54. The molecule has 0 bridgehead atoms. The molecule has 0 aliphatic carbocycles. The lowest BCUT2D eigenvalue weighted by Crippen LogP contribution is -2.32. The third-order valence-electron chi connectivity index (χ3n) is 2.43. The molecular weight excluding hydrogens is 254 g/mol. The molecule has 1 aromatic rings. The fraction of sp³-hybridized carbons (Fsp3) is 0.375. The summed E-state index contributed by atoms with van der Waals surface area (Å²) in [6, 6.07) is 5.59. The Labute approximate surface area is 119 Å². The Kier molecular flexibility index (Phi) is 5.50. The Balaban J connectivity index is 2.55. The van der Waals surface area contributed by atoms with Crippen LogP contribution in [0.5, 0.6) is 0 Å². The van der Waals surface area contributed by atoms with Crippen LogP contribution in [0.4, 0.5) is 4.79 Å². The third kappa shape index (κ3) is 5.69. The molecule has 0 spiro atoms. The molecule has 1 rings (SSSR count). The molecule has 4 nitrogen and oxygen atoms in total. The van der Waals surface area contributed by atoms with E-state index in [0.717, 1.165) is 17.4 Å². The minimum absolute atomic E-state index is 0.348. The highest BCUT2D eigenvalue weighted by Gasteiger charge is 2.14. The third-order valence-corrected chi connectivity index (χ3v) is 2.43. The molecule has 0 heterocycles. The first-order chi connectivity index (χ1) is 9.31. The Morgan fingerprint density at radius 3 is 2.60 bits per heavy atom. The van der Waals surface area contributed by atoms with Crippen molar-refractivity contribution in [1.29, 1.82) is 0 Å². The second-order valence-electron chi connectivity index (χ2n) is 5.54. The highest BCUT2D eigenvalue weighted by molar-refractivity contribution is 5.82. The summed E-state index contributed by atoms with van der Waals surface area (Å²) < 4.78 is 5.11. The zero-order valence-electron chi connectivity index (χ0n) is 12.4. The van der Waals surface area contributed by atoms with Crippen molar-refractivity contribution in [3.8, 4) is 0 Å². The van der Waals surface area contributed by atoms with Crippen LogP contribution in [-0.4, -0.2) is 24.5 Å². The van der Waals surface area contributed by atoms with Gasteiger partial charge in [0.1, 0.15) is 5.60 Å². The first-order valence-electron chi connectivity index (χ1n) is 6.51. The first-order valence-corrected chi connectivity index (χ1v) is 6.51. The Hall–Kier alpha value is -2.10. The van der Waals surface area contributed by atoms with Crippen molar-refractivity contribution in [1.82, 2.24) is 5.32 Å². The lowest BCUT2D eigenvalue weighted by Gasteiger charge is -2.19. The van der Waals surface area contributed by atoms with E-state index in [1.165, 1.54) is 0 Å². The van der Waals surface area contributed by atoms with Crippen molar-refractivity contribution in [2.75, 3.05) is 6.54 Å². The monoisotopic (exact) mass is 275 g/mol. The topological polar surface area (TPSA) is 55.4 Å². The summed E-state index contributed by atoms with van der Waals surface area (Å²) in [6.45, 7) is 7.74. The SMILES string of the molecule is Cc1ccc(C=O)c(C=CCNC(=O)OC(C)(C)C)c1. The summed E-state index contributed by atoms with van der Waals surface area (Å²) in [5.41, 5.74) is 2.04. The van der Waals surface area contributed by atoms with E-state index < -0.39 is 11.7 Å². The van der Waals surface area contributed by atoms with Gasteiger partial charge in [-0.1, -0.05) is 35.9 Å². The number of benzene rings is 1. The van der Waals surface area contributed by atoms with Gasteiger partial charge in [-0.3, -0.25) is 4.79 Å². The van der Waals surface area contributed by atoms with E-state index >= 15 is 0 Å². The molecule has 0 aliphatic rings. The molecule has 4 heteroatoms. The molecule has 20 heavy (non-hydrogen) atoms. The average molecular weight is 275 g/mol. The number of rotatable bonds is 4. The number of nitrogens with one attached hydrogen (secondary N) is 1. The summed E-state index contributed by atoms with van der Waals surface area (Å²) in [7, 11) is 0. The molecule has 0 aromatic heterocycles. The van der Waals surface area contributed by atoms with Gasteiger partial charge in [0, 0.05) is 12.1 Å². The quantitative estimate of drug-likeness (QED) is 0.857. The van der Waals surface area contributed by atoms with Crippen LogP contribution in [0.15, 0.2) is 24.3 Å². The van der Waals surface area contributed by atoms with Crippen LogP contribution in [0.25, 0.3) is 6.08 Å². The summed E-state index contributed by atoms with van der Waals surface area (Å²) in [5.74, 6) is 0. The lowest BCUT2D eigenvalue weighted by molar-refractivity contribution is 0.0534. The smallest absolute Gasteiger partial charge is 0.407 e. The molecular formula is C16H21NO3. The molecule has 0 saturated carbocycles. The average Bonchev–Trinajstić information content (AvgIpc) is 2.33. The van der Waals surface area contributed by atoms with Gasteiger partial charge in [0.25, 0.3) is 0 Å². The zero-order valence-corrected chi connectivity index (χ0v) is 12.4. The molecule has 1 N–H and O–H groups in total. The fourth-order valence-corrected chi connectivity index (χ4v) is 1.59. The number of hydrogen-bond acceptors (Lipinski definition) is 3. The minimum Gasteiger partial charge on any atom is -0.444 e. The van der Waals surface area contributed by atoms with Gasteiger partial charge in [0.2, 0.25) is 0 Å². The van der Waals surface area contributed by atoms with Crippen molar-refractivity contribution in [3.63, 3.8) is 0 Å². The van der Waals surface area contributed by atoms with Gasteiger partial charge in [0.15, 0.2) is 6.29 Å². The van der Waals surface area contributed by atoms with Gasteiger partial charge >= 0.3 is 6.09 Å². The van der Waals surface area contributed by atoms with Crippen LogP contribution in [0.1, 0.15) is 42.3 Å². The fourth-order valence-electron chi connectivity index (χ4n) is 1.59. The maximum atomic E-state index is 11.4. The molecule has 0 unspecified atom stereocenters. The van der Waals surface area contributed by atoms with Gasteiger partial charge in [-0.05, 0) is 33.3 Å². The van der Waals surface area contributed by atoms with E-state index in [4.69, 9.17) is 4.74 Å². The number of amides is 1. The van der Waals surface area contributed by atoms with Crippen molar-refractivity contribution >= 4 is 18.5 Å². The predicted molar refractivity (Wildman–Crippen MR) is 79.8 cm³/mol. The Bertz CT molecular complexity index is 513. The van der Waals surface area contributed by atoms with E-state index in [2.05, 4.69) is 5.32 Å². The summed E-state index contributed by atoms with van der Waals surface area (Å²) in [5, 5.41) is 2.63.